The highest BCUT2D eigenvalue weighted by atomic mass is 16.5. The first-order valence-corrected chi connectivity index (χ1v) is 9.09. The van der Waals surface area contributed by atoms with Crippen molar-refractivity contribution in [2.24, 2.45) is 0 Å². The van der Waals surface area contributed by atoms with Gasteiger partial charge in [0.15, 0.2) is 11.5 Å². The zero-order chi connectivity index (χ0) is 20.6. The number of benzene rings is 3. The highest BCUT2D eigenvalue weighted by molar-refractivity contribution is 6.02. The van der Waals surface area contributed by atoms with E-state index in [4.69, 9.17) is 14.2 Å². The van der Waals surface area contributed by atoms with Crippen LogP contribution in [0.5, 0.6) is 17.2 Å². The van der Waals surface area contributed by atoms with E-state index in [0.29, 0.717) is 22.9 Å². The van der Waals surface area contributed by atoms with Gasteiger partial charge in [0.05, 0.1) is 21.3 Å². The number of carbonyl (C=O) groups is 1. The van der Waals surface area contributed by atoms with Crippen molar-refractivity contribution < 1.29 is 19.0 Å². The Labute approximate surface area is 170 Å². The number of hydrogen-bond acceptors (Lipinski definition) is 4. The topological polar surface area (TPSA) is 56.8 Å². The lowest BCUT2D eigenvalue weighted by Gasteiger charge is -2.14. The van der Waals surface area contributed by atoms with Gasteiger partial charge in [-0.15, -0.1) is 0 Å². The van der Waals surface area contributed by atoms with Crippen LogP contribution in [0.25, 0.3) is 17.2 Å². The molecule has 0 unspecified atom stereocenters. The molecular weight excluding hydrogens is 366 g/mol. The first-order chi connectivity index (χ1) is 14.1. The largest absolute Gasteiger partial charge is 0.493 e. The van der Waals surface area contributed by atoms with Crippen LogP contribution in [0, 0.1) is 0 Å². The predicted molar refractivity (Wildman–Crippen MR) is 116 cm³/mol. The molecule has 29 heavy (non-hydrogen) atoms. The first-order valence-electron chi connectivity index (χ1n) is 9.09. The van der Waals surface area contributed by atoms with E-state index in [1.165, 1.54) is 27.4 Å². The van der Waals surface area contributed by atoms with E-state index in [1.807, 2.05) is 42.5 Å². The molecule has 0 bridgehead atoms. The van der Waals surface area contributed by atoms with Crippen molar-refractivity contribution >= 4 is 17.7 Å². The van der Waals surface area contributed by atoms with Gasteiger partial charge < -0.3 is 19.5 Å². The van der Waals surface area contributed by atoms with Gasteiger partial charge in [0.1, 0.15) is 0 Å². The molecular formula is C24H23NO4. The molecule has 0 fully saturated rings. The molecule has 0 aliphatic heterocycles. The molecule has 0 saturated heterocycles. The van der Waals surface area contributed by atoms with Crippen LogP contribution in [0.3, 0.4) is 0 Å². The lowest BCUT2D eigenvalue weighted by Crippen LogP contribution is -2.08. The van der Waals surface area contributed by atoms with E-state index in [9.17, 15) is 4.79 Å². The Balaban J connectivity index is 1.75. The third kappa shape index (κ3) is 4.96. The minimum absolute atomic E-state index is 0.260. The molecule has 0 aromatic heterocycles. The molecule has 5 heteroatoms. The monoisotopic (exact) mass is 389 g/mol. The van der Waals surface area contributed by atoms with Gasteiger partial charge in [0.25, 0.3) is 0 Å². The van der Waals surface area contributed by atoms with Crippen LogP contribution in [-0.2, 0) is 4.79 Å². The van der Waals surface area contributed by atoms with Crippen LogP contribution in [-0.4, -0.2) is 27.2 Å². The molecule has 3 rings (SSSR count). The molecule has 0 spiro atoms. The summed E-state index contributed by atoms with van der Waals surface area (Å²) >= 11 is 0. The van der Waals surface area contributed by atoms with Gasteiger partial charge in [-0.25, -0.2) is 0 Å². The number of ether oxygens (including phenoxy) is 3. The minimum Gasteiger partial charge on any atom is -0.493 e. The summed E-state index contributed by atoms with van der Waals surface area (Å²) in [4.78, 5) is 12.4. The maximum Gasteiger partial charge on any atom is 0.248 e. The van der Waals surface area contributed by atoms with Crippen LogP contribution in [0.4, 0.5) is 5.69 Å². The summed E-state index contributed by atoms with van der Waals surface area (Å²) in [6, 6.07) is 21.5. The van der Waals surface area contributed by atoms with E-state index in [2.05, 4.69) is 17.4 Å². The van der Waals surface area contributed by atoms with Crippen LogP contribution < -0.4 is 19.5 Å². The second kappa shape index (κ2) is 9.46. The maximum atomic E-state index is 12.4. The SMILES string of the molecule is COc1cc(NC(=O)/C=C/c2cccc(-c3ccccc3)c2)cc(OC)c1OC. The Morgan fingerprint density at radius 3 is 2.07 bits per heavy atom. The number of anilines is 1. The fraction of sp³-hybridized carbons (Fsp3) is 0.125. The number of nitrogens with one attached hydrogen (secondary N) is 1. The Morgan fingerprint density at radius 2 is 1.45 bits per heavy atom. The number of amides is 1. The number of hydrogen-bond donors (Lipinski definition) is 1. The molecule has 3 aromatic rings. The predicted octanol–water partition coefficient (Wildman–Crippen LogP) is 5.03. The van der Waals surface area contributed by atoms with E-state index in [-0.39, 0.29) is 5.91 Å². The van der Waals surface area contributed by atoms with E-state index < -0.39 is 0 Å². The molecule has 0 heterocycles. The van der Waals surface area contributed by atoms with Gasteiger partial charge in [-0.2, -0.15) is 0 Å². The molecule has 1 N–H and O–H groups in total. The Bertz CT molecular complexity index is 987. The Kier molecular flexibility index (Phi) is 6.53. The molecule has 5 nitrogen and oxygen atoms in total. The summed E-state index contributed by atoms with van der Waals surface area (Å²) in [5.74, 6) is 1.16. The van der Waals surface area contributed by atoms with E-state index in [1.54, 1.807) is 18.2 Å². The van der Waals surface area contributed by atoms with Gasteiger partial charge in [0, 0.05) is 23.9 Å². The molecule has 0 atom stereocenters. The zero-order valence-electron chi connectivity index (χ0n) is 16.6. The van der Waals surface area contributed by atoms with Crippen molar-refractivity contribution in [2.45, 2.75) is 0 Å². The first kappa shape index (κ1) is 20.0. The summed E-state index contributed by atoms with van der Waals surface area (Å²) < 4.78 is 15.9. The summed E-state index contributed by atoms with van der Waals surface area (Å²) in [6.07, 6.45) is 3.27. The quantitative estimate of drug-likeness (QED) is 0.576. The second-order valence-electron chi connectivity index (χ2n) is 6.23. The summed E-state index contributed by atoms with van der Waals surface area (Å²) in [5, 5.41) is 2.82. The number of carbonyl (C=O) groups excluding carboxylic acids is 1. The number of methoxy groups -OCH3 is 3. The summed E-state index contributed by atoms with van der Waals surface area (Å²) in [5.41, 5.74) is 3.71. The van der Waals surface area contributed by atoms with E-state index in [0.717, 1.165) is 16.7 Å². The molecule has 0 radical (unpaired) electrons. The van der Waals surface area contributed by atoms with Gasteiger partial charge in [-0.05, 0) is 28.8 Å². The molecule has 0 aliphatic carbocycles. The zero-order valence-corrected chi connectivity index (χ0v) is 16.6. The molecule has 148 valence electrons. The van der Waals surface area contributed by atoms with Crippen LogP contribution in [0.2, 0.25) is 0 Å². The maximum absolute atomic E-state index is 12.4. The lowest BCUT2D eigenvalue weighted by molar-refractivity contribution is -0.111. The summed E-state index contributed by atoms with van der Waals surface area (Å²) in [6.45, 7) is 0. The normalized spacial score (nSPS) is 10.6. The van der Waals surface area contributed by atoms with Crippen molar-refractivity contribution in [3.8, 4) is 28.4 Å². The number of rotatable bonds is 7. The Hall–Kier alpha value is -3.73. The molecule has 0 aliphatic rings. The van der Waals surface area contributed by atoms with Crippen molar-refractivity contribution in [1.82, 2.24) is 0 Å². The lowest BCUT2D eigenvalue weighted by atomic mass is 10.0. The molecule has 0 saturated carbocycles. The van der Waals surface area contributed by atoms with Crippen molar-refractivity contribution in [2.75, 3.05) is 26.6 Å². The van der Waals surface area contributed by atoms with Crippen molar-refractivity contribution in [1.29, 1.82) is 0 Å². The standard InChI is InChI=1S/C24H23NO4/c1-27-21-15-20(16-22(28-2)24(21)29-3)25-23(26)13-12-17-8-7-11-19(14-17)18-9-5-4-6-10-18/h4-16H,1-3H3,(H,25,26)/b13-12+. The highest BCUT2D eigenvalue weighted by Crippen LogP contribution is 2.39. The third-order valence-corrected chi connectivity index (χ3v) is 4.35. The van der Waals surface area contributed by atoms with Crippen molar-refractivity contribution in [3.63, 3.8) is 0 Å². The minimum atomic E-state index is -0.260. The van der Waals surface area contributed by atoms with Crippen LogP contribution in [0.1, 0.15) is 5.56 Å². The smallest absolute Gasteiger partial charge is 0.248 e. The molecule has 1 amide bonds. The third-order valence-electron chi connectivity index (χ3n) is 4.35. The second-order valence-corrected chi connectivity index (χ2v) is 6.23. The molecule has 3 aromatic carbocycles. The van der Waals surface area contributed by atoms with E-state index >= 15 is 0 Å². The average Bonchev–Trinajstić information content (AvgIpc) is 2.77. The van der Waals surface area contributed by atoms with Crippen molar-refractivity contribution in [3.05, 3.63) is 78.4 Å². The van der Waals surface area contributed by atoms with Gasteiger partial charge in [-0.3, -0.25) is 4.79 Å². The van der Waals surface area contributed by atoms with Crippen LogP contribution >= 0.6 is 0 Å². The fourth-order valence-corrected chi connectivity index (χ4v) is 2.96. The summed E-state index contributed by atoms with van der Waals surface area (Å²) in [7, 11) is 4.59. The average molecular weight is 389 g/mol. The van der Waals surface area contributed by atoms with Gasteiger partial charge >= 0.3 is 0 Å². The van der Waals surface area contributed by atoms with Gasteiger partial charge in [-0.1, -0.05) is 48.5 Å². The fourth-order valence-electron chi connectivity index (χ4n) is 2.96. The Morgan fingerprint density at radius 1 is 0.793 bits per heavy atom. The van der Waals surface area contributed by atoms with Gasteiger partial charge in [0.2, 0.25) is 11.7 Å². The van der Waals surface area contributed by atoms with Crippen LogP contribution in [0.15, 0.2) is 72.8 Å². The highest BCUT2D eigenvalue weighted by Gasteiger charge is 2.13.